The van der Waals surface area contributed by atoms with E-state index in [-0.39, 0.29) is 11.9 Å². The van der Waals surface area contributed by atoms with Gasteiger partial charge in [0.1, 0.15) is 11.6 Å². The van der Waals surface area contributed by atoms with Crippen LogP contribution in [0.3, 0.4) is 0 Å². The molecule has 2 aromatic carbocycles. The van der Waals surface area contributed by atoms with Gasteiger partial charge in [-0.3, -0.25) is 4.90 Å². The highest BCUT2D eigenvalue weighted by atomic mass is 19.1. The second-order valence-electron chi connectivity index (χ2n) is 8.32. The Morgan fingerprint density at radius 1 is 1.06 bits per heavy atom. The van der Waals surface area contributed by atoms with Crippen molar-refractivity contribution in [2.24, 2.45) is 5.92 Å². The van der Waals surface area contributed by atoms with Crippen LogP contribution < -0.4 is 4.74 Å². The second kappa shape index (κ2) is 10.6. The van der Waals surface area contributed by atoms with Gasteiger partial charge in [-0.05, 0) is 55.7 Å². The fraction of sp³-hybridized carbons (Fsp3) is 0.400. The van der Waals surface area contributed by atoms with Crippen molar-refractivity contribution in [2.45, 2.75) is 46.8 Å². The summed E-state index contributed by atoms with van der Waals surface area (Å²) in [5.41, 5.74) is 2.70. The first-order valence-electron chi connectivity index (χ1n) is 10.8. The van der Waals surface area contributed by atoms with Crippen molar-refractivity contribution in [3.63, 3.8) is 0 Å². The Kier molecular flexibility index (Phi) is 7.82. The number of hydrogen-bond acceptors (Lipinski definition) is 4. The van der Waals surface area contributed by atoms with Crippen LogP contribution in [0.1, 0.15) is 38.4 Å². The highest BCUT2D eigenvalue weighted by Crippen LogP contribution is 2.32. The number of rotatable bonds is 10. The topological polar surface area (TPSA) is 50.5 Å². The highest BCUT2D eigenvalue weighted by Gasteiger charge is 2.22. The number of aryl methyl sites for hydroxylation is 1. The molecule has 0 aliphatic heterocycles. The van der Waals surface area contributed by atoms with Crippen molar-refractivity contribution < 1.29 is 14.2 Å². The van der Waals surface area contributed by atoms with Gasteiger partial charge in [0, 0.05) is 19.6 Å². The minimum absolute atomic E-state index is 0.308. The van der Waals surface area contributed by atoms with E-state index in [1.807, 2.05) is 44.2 Å². The Labute approximate surface area is 184 Å². The van der Waals surface area contributed by atoms with E-state index in [0.717, 1.165) is 23.5 Å². The number of ether oxygens (including phenoxy) is 1. The SMILES string of the molecule is CCC(O)CN(Cc1c(C)nn(-c2ccccc2)c1Oc1ccc(F)cc1)CC(C)C. The van der Waals surface area contributed by atoms with Crippen LogP contribution in [0.2, 0.25) is 0 Å². The smallest absolute Gasteiger partial charge is 0.227 e. The third-order valence-electron chi connectivity index (χ3n) is 5.11. The fourth-order valence-electron chi connectivity index (χ4n) is 3.55. The maximum absolute atomic E-state index is 13.4. The molecule has 166 valence electrons. The molecule has 1 unspecified atom stereocenters. The van der Waals surface area contributed by atoms with Gasteiger partial charge in [-0.1, -0.05) is 39.0 Å². The molecule has 3 aromatic rings. The Hall–Kier alpha value is -2.70. The number of aliphatic hydroxyl groups is 1. The molecular formula is C25H32FN3O2. The molecule has 0 saturated carbocycles. The van der Waals surface area contributed by atoms with Gasteiger partial charge in [0.05, 0.1) is 23.0 Å². The van der Waals surface area contributed by atoms with Crippen molar-refractivity contribution in [3.8, 4) is 17.3 Å². The quantitative estimate of drug-likeness (QED) is 0.476. The van der Waals surface area contributed by atoms with Crippen molar-refractivity contribution in [1.29, 1.82) is 0 Å². The summed E-state index contributed by atoms with van der Waals surface area (Å²) in [4.78, 5) is 2.25. The number of aliphatic hydroxyl groups excluding tert-OH is 1. The monoisotopic (exact) mass is 425 g/mol. The molecule has 0 saturated heterocycles. The molecule has 1 heterocycles. The standard InChI is InChI=1S/C25H32FN3O2/c1-5-22(30)16-28(15-18(2)3)17-24-19(4)27-29(21-9-7-6-8-10-21)25(24)31-23-13-11-20(26)12-14-23/h6-14,18,22,30H,5,15-17H2,1-4H3. The largest absolute Gasteiger partial charge is 0.439 e. The van der Waals surface area contributed by atoms with Gasteiger partial charge in [-0.15, -0.1) is 0 Å². The molecule has 1 N–H and O–H groups in total. The molecule has 1 aromatic heterocycles. The number of halogens is 1. The molecule has 0 bridgehead atoms. The van der Waals surface area contributed by atoms with E-state index < -0.39 is 0 Å². The number of para-hydroxylation sites is 1. The maximum atomic E-state index is 13.4. The zero-order valence-electron chi connectivity index (χ0n) is 18.8. The lowest BCUT2D eigenvalue weighted by molar-refractivity contribution is 0.0980. The molecule has 1 atom stereocenters. The molecule has 0 fully saturated rings. The summed E-state index contributed by atoms with van der Waals surface area (Å²) >= 11 is 0. The normalized spacial score (nSPS) is 12.5. The summed E-state index contributed by atoms with van der Waals surface area (Å²) in [5.74, 6) is 1.30. The van der Waals surface area contributed by atoms with Gasteiger partial charge < -0.3 is 9.84 Å². The summed E-state index contributed by atoms with van der Waals surface area (Å²) in [6.07, 6.45) is 0.320. The van der Waals surface area contributed by atoms with Crippen molar-refractivity contribution in [2.75, 3.05) is 13.1 Å². The average molecular weight is 426 g/mol. The molecule has 0 aliphatic carbocycles. The Balaban J connectivity index is 2.01. The molecule has 0 radical (unpaired) electrons. The first-order chi connectivity index (χ1) is 14.9. The Bertz CT molecular complexity index is 955. The van der Waals surface area contributed by atoms with Crippen LogP contribution in [-0.2, 0) is 6.54 Å². The predicted molar refractivity (Wildman–Crippen MR) is 121 cm³/mol. The van der Waals surface area contributed by atoms with E-state index in [9.17, 15) is 9.50 Å². The number of nitrogens with zero attached hydrogens (tertiary/aromatic N) is 3. The summed E-state index contributed by atoms with van der Waals surface area (Å²) < 4.78 is 21.4. The highest BCUT2D eigenvalue weighted by molar-refractivity contribution is 5.43. The summed E-state index contributed by atoms with van der Waals surface area (Å²) in [6, 6.07) is 15.8. The minimum Gasteiger partial charge on any atom is -0.439 e. The molecule has 31 heavy (non-hydrogen) atoms. The Morgan fingerprint density at radius 3 is 2.35 bits per heavy atom. The van der Waals surface area contributed by atoms with Crippen LogP contribution in [0.15, 0.2) is 54.6 Å². The number of hydrogen-bond donors (Lipinski definition) is 1. The molecule has 3 rings (SSSR count). The zero-order chi connectivity index (χ0) is 22.4. The lowest BCUT2D eigenvalue weighted by atomic mass is 10.1. The molecule has 0 aliphatic rings. The molecule has 0 amide bonds. The van der Waals surface area contributed by atoms with E-state index in [1.165, 1.54) is 12.1 Å². The third-order valence-corrected chi connectivity index (χ3v) is 5.11. The van der Waals surface area contributed by atoms with Crippen LogP contribution in [-0.4, -0.2) is 39.0 Å². The van der Waals surface area contributed by atoms with Gasteiger partial charge >= 0.3 is 0 Å². The van der Waals surface area contributed by atoms with E-state index in [2.05, 4.69) is 18.7 Å². The maximum Gasteiger partial charge on any atom is 0.227 e. The second-order valence-corrected chi connectivity index (χ2v) is 8.32. The van der Waals surface area contributed by atoms with Gasteiger partial charge in [-0.2, -0.15) is 5.10 Å². The minimum atomic E-state index is -0.385. The van der Waals surface area contributed by atoms with E-state index in [1.54, 1.807) is 16.8 Å². The zero-order valence-corrected chi connectivity index (χ0v) is 18.8. The van der Waals surface area contributed by atoms with Crippen LogP contribution >= 0.6 is 0 Å². The van der Waals surface area contributed by atoms with Crippen molar-refractivity contribution in [1.82, 2.24) is 14.7 Å². The van der Waals surface area contributed by atoms with Crippen LogP contribution in [0, 0.1) is 18.7 Å². The third kappa shape index (κ3) is 6.15. The Morgan fingerprint density at radius 2 is 1.74 bits per heavy atom. The van der Waals surface area contributed by atoms with Crippen LogP contribution in [0.4, 0.5) is 4.39 Å². The number of benzene rings is 2. The average Bonchev–Trinajstić information content (AvgIpc) is 3.05. The lowest BCUT2D eigenvalue weighted by Gasteiger charge is -2.26. The van der Waals surface area contributed by atoms with Crippen LogP contribution in [0.5, 0.6) is 11.6 Å². The first kappa shape index (κ1) is 23.0. The molecule has 5 nitrogen and oxygen atoms in total. The summed E-state index contributed by atoms with van der Waals surface area (Å²) in [6.45, 7) is 10.3. The van der Waals surface area contributed by atoms with Gasteiger partial charge in [0.2, 0.25) is 5.88 Å². The van der Waals surface area contributed by atoms with E-state index in [0.29, 0.717) is 37.1 Å². The van der Waals surface area contributed by atoms with Crippen molar-refractivity contribution >= 4 is 0 Å². The summed E-state index contributed by atoms with van der Waals surface area (Å²) in [7, 11) is 0. The summed E-state index contributed by atoms with van der Waals surface area (Å²) in [5, 5.41) is 15.0. The number of aromatic nitrogens is 2. The van der Waals surface area contributed by atoms with E-state index >= 15 is 0 Å². The van der Waals surface area contributed by atoms with E-state index in [4.69, 9.17) is 9.84 Å². The van der Waals surface area contributed by atoms with Gasteiger partial charge in [-0.25, -0.2) is 9.07 Å². The van der Waals surface area contributed by atoms with Crippen LogP contribution in [0.25, 0.3) is 5.69 Å². The van der Waals surface area contributed by atoms with Gasteiger partial charge in [0.15, 0.2) is 0 Å². The fourth-order valence-corrected chi connectivity index (χ4v) is 3.55. The first-order valence-corrected chi connectivity index (χ1v) is 10.8. The molecule has 0 spiro atoms. The van der Waals surface area contributed by atoms with Gasteiger partial charge in [0.25, 0.3) is 0 Å². The predicted octanol–water partition coefficient (Wildman–Crippen LogP) is 5.34. The van der Waals surface area contributed by atoms with Crippen molar-refractivity contribution in [3.05, 3.63) is 71.7 Å². The lowest BCUT2D eigenvalue weighted by Crippen LogP contribution is -2.34. The molecular weight excluding hydrogens is 393 g/mol. The molecule has 6 heteroatoms.